The molecule has 0 saturated carbocycles. The Kier molecular flexibility index (Phi) is 5.50. The molecule has 0 aliphatic heterocycles. The molecule has 4 heteroatoms. The lowest BCUT2D eigenvalue weighted by molar-refractivity contribution is 1.20. The highest BCUT2D eigenvalue weighted by Gasteiger charge is 1.93. The molecule has 0 amide bonds. The minimum Gasteiger partial charge on any atom is -0.383 e. The van der Waals surface area contributed by atoms with Gasteiger partial charge in [0, 0.05) is 23.0 Å². The lowest BCUT2D eigenvalue weighted by atomic mass is 10.4. The van der Waals surface area contributed by atoms with E-state index in [0.29, 0.717) is 0 Å². The van der Waals surface area contributed by atoms with Crippen molar-refractivity contribution in [2.45, 2.75) is 0 Å². The number of rotatable bonds is 5. The fraction of sp³-hybridized carbons (Fsp3) is 0.300. The van der Waals surface area contributed by atoms with Crippen molar-refractivity contribution in [2.24, 2.45) is 0 Å². The number of nitrogens with zero attached hydrogens (tertiary/aromatic N) is 1. The Morgan fingerprint density at radius 1 is 1.57 bits per heavy atom. The van der Waals surface area contributed by atoms with Gasteiger partial charge in [0.25, 0.3) is 0 Å². The first kappa shape index (κ1) is 11.4. The van der Waals surface area contributed by atoms with Gasteiger partial charge in [-0.3, -0.25) is 4.98 Å². The first-order chi connectivity index (χ1) is 6.83. The maximum atomic E-state index is 5.13. The summed E-state index contributed by atoms with van der Waals surface area (Å²) in [5.74, 6) is 4.38. The third-order valence-electron chi connectivity index (χ3n) is 1.47. The Morgan fingerprint density at radius 3 is 3.14 bits per heavy atom. The molecule has 0 aliphatic carbocycles. The number of aromatic nitrogens is 1. The van der Waals surface area contributed by atoms with E-state index in [-0.39, 0.29) is 0 Å². The maximum absolute atomic E-state index is 5.13. The number of thioether (sulfide) groups is 1. The minimum absolute atomic E-state index is 0.776. The fourth-order valence-electron chi connectivity index (χ4n) is 0.907. The molecule has 1 N–H and O–H groups in total. The summed E-state index contributed by atoms with van der Waals surface area (Å²) in [7, 11) is 0. The summed E-state index contributed by atoms with van der Waals surface area (Å²) in [4.78, 5) is 4.05. The molecule has 2 nitrogen and oxygen atoms in total. The van der Waals surface area contributed by atoms with Gasteiger partial charge in [-0.15, -0.1) is 18.2 Å². The van der Waals surface area contributed by atoms with Crippen LogP contribution in [0.4, 0.5) is 5.69 Å². The van der Waals surface area contributed by atoms with Crippen LogP contribution in [0.1, 0.15) is 0 Å². The van der Waals surface area contributed by atoms with E-state index in [2.05, 4.69) is 32.2 Å². The maximum Gasteiger partial charge on any atom is 0.0545 e. The highest BCUT2D eigenvalue weighted by Crippen LogP contribution is 2.13. The molecule has 0 saturated heterocycles. The molecule has 1 heterocycles. The zero-order valence-electron chi connectivity index (χ0n) is 7.66. The zero-order chi connectivity index (χ0) is 10.2. The van der Waals surface area contributed by atoms with E-state index in [9.17, 15) is 0 Å². The third kappa shape index (κ3) is 4.54. The fourth-order valence-corrected chi connectivity index (χ4v) is 1.78. The number of pyridine rings is 1. The minimum atomic E-state index is 0.776. The molecule has 14 heavy (non-hydrogen) atoms. The number of halogens is 1. The van der Waals surface area contributed by atoms with Crippen molar-refractivity contribution in [3.05, 3.63) is 22.9 Å². The smallest absolute Gasteiger partial charge is 0.0545 e. The molecule has 1 rings (SSSR count). The van der Waals surface area contributed by atoms with Crippen molar-refractivity contribution in [3.8, 4) is 12.3 Å². The summed E-state index contributed by atoms with van der Waals surface area (Å²) < 4.78 is 0.985. The SMILES string of the molecule is C#CCSCCNc1cncc(Br)c1. The van der Waals surface area contributed by atoms with Gasteiger partial charge in [0.05, 0.1) is 17.6 Å². The van der Waals surface area contributed by atoms with Crippen LogP contribution in [0.3, 0.4) is 0 Å². The van der Waals surface area contributed by atoms with Crippen molar-refractivity contribution in [1.29, 1.82) is 0 Å². The van der Waals surface area contributed by atoms with Gasteiger partial charge in [-0.1, -0.05) is 5.92 Å². The normalized spacial score (nSPS) is 9.43. The molecule has 0 fully saturated rings. The summed E-state index contributed by atoms with van der Waals surface area (Å²) in [6.07, 6.45) is 8.70. The van der Waals surface area contributed by atoms with Gasteiger partial charge in [0.15, 0.2) is 0 Å². The summed E-state index contributed by atoms with van der Waals surface area (Å²) in [6, 6.07) is 2.00. The van der Waals surface area contributed by atoms with Crippen molar-refractivity contribution >= 4 is 33.4 Å². The van der Waals surface area contributed by atoms with Crippen LogP contribution in [0, 0.1) is 12.3 Å². The zero-order valence-corrected chi connectivity index (χ0v) is 10.1. The van der Waals surface area contributed by atoms with Crippen LogP contribution in [0.2, 0.25) is 0 Å². The highest BCUT2D eigenvalue weighted by molar-refractivity contribution is 9.10. The molecule has 0 bridgehead atoms. The molecule has 1 aromatic rings. The largest absolute Gasteiger partial charge is 0.383 e. The number of hydrogen-bond donors (Lipinski definition) is 1. The summed E-state index contributed by atoms with van der Waals surface area (Å²) >= 11 is 5.11. The lowest BCUT2D eigenvalue weighted by Gasteiger charge is -2.04. The van der Waals surface area contributed by atoms with E-state index in [4.69, 9.17) is 6.42 Å². The summed E-state index contributed by atoms with van der Waals surface area (Å²) in [6.45, 7) is 0.907. The lowest BCUT2D eigenvalue weighted by Crippen LogP contribution is -2.04. The first-order valence-electron chi connectivity index (χ1n) is 4.18. The molecule has 1 aromatic heterocycles. The van der Waals surface area contributed by atoms with Crippen LogP contribution in [0.25, 0.3) is 0 Å². The van der Waals surface area contributed by atoms with E-state index in [1.165, 1.54) is 0 Å². The molecule has 0 aliphatic rings. The Hall–Kier alpha value is -0.660. The third-order valence-corrected chi connectivity index (χ3v) is 2.76. The van der Waals surface area contributed by atoms with Gasteiger partial charge in [0.1, 0.15) is 0 Å². The van der Waals surface area contributed by atoms with E-state index in [0.717, 1.165) is 28.2 Å². The number of anilines is 1. The highest BCUT2D eigenvalue weighted by atomic mass is 79.9. The van der Waals surface area contributed by atoms with Gasteiger partial charge in [-0.2, -0.15) is 0 Å². The van der Waals surface area contributed by atoms with E-state index < -0.39 is 0 Å². The second-order valence-electron chi connectivity index (χ2n) is 2.58. The van der Waals surface area contributed by atoms with Gasteiger partial charge in [-0.25, -0.2) is 0 Å². The van der Waals surface area contributed by atoms with E-state index >= 15 is 0 Å². The van der Waals surface area contributed by atoms with E-state index in [1.807, 2.05) is 6.07 Å². The molecular formula is C10H11BrN2S. The second kappa shape index (κ2) is 6.74. The van der Waals surface area contributed by atoms with Crippen molar-refractivity contribution in [2.75, 3.05) is 23.4 Å². The molecule has 0 unspecified atom stereocenters. The number of terminal acetylenes is 1. The van der Waals surface area contributed by atoms with Crippen LogP contribution in [-0.4, -0.2) is 23.0 Å². The first-order valence-corrected chi connectivity index (χ1v) is 6.13. The van der Waals surface area contributed by atoms with Gasteiger partial charge < -0.3 is 5.32 Å². The summed E-state index contributed by atoms with van der Waals surface area (Å²) in [5.41, 5.74) is 1.03. The predicted octanol–water partition coefficient (Wildman–Crippen LogP) is 2.62. The number of nitrogens with one attached hydrogen (secondary N) is 1. The predicted molar refractivity (Wildman–Crippen MR) is 66.6 cm³/mol. The molecule has 0 atom stereocenters. The Morgan fingerprint density at radius 2 is 2.43 bits per heavy atom. The standard InChI is InChI=1S/C10H11BrN2S/c1-2-4-14-5-3-13-10-6-9(11)7-12-8-10/h1,6-8,13H,3-5H2. The van der Waals surface area contributed by atoms with Crippen LogP contribution in [-0.2, 0) is 0 Å². The average molecular weight is 271 g/mol. The van der Waals surface area contributed by atoms with Gasteiger partial charge in [-0.05, 0) is 22.0 Å². The van der Waals surface area contributed by atoms with Crippen LogP contribution in [0.5, 0.6) is 0 Å². The van der Waals surface area contributed by atoms with Crippen LogP contribution in [0.15, 0.2) is 22.9 Å². The Labute approximate surface area is 97.0 Å². The Balaban J connectivity index is 2.22. The quantitative estimate of drug-likeness (QED) is 0.658. The second-order valence-corrected chi connectivity index (χ2v) is 4.60. The Bertz CT molecular complexity index is 322. The molecule has 0 radical (unpaired) electrons. The molecule has 0 spiro atoms. The van der Waals surface area contributed by atoms with Gasteiger partial charge >= 0.3 is 0 Å². The van der Waals surface area contributed by atoms with Crippen LogP contribution >= 0.6 is 27.7 Å². The van der Waals surface area contributed by atoms with E-state index in [1.54, 1.807) is 24.2 Å². The van der Waals surface area contributed by atoms with Crippen LogP contribution < -0.4 is 5.32 Å². The van der Waals surface area contributed by atoms with Gasteiger partial charge in [0.2, 0.25) is 0 Å². The molecular weight excluding hydrogens is 260 g/mol. The monoisotopic (exact) mass is 270 g/mol. The molecule has 74 valence electrons. The van der Waals surface area contributed by atoms with Crippen molar-refractivity contribution in [3.63, 3.8) is 0 Å². The molecule has 0 aromatic carbocycles. The van der Waals surface area contributed by atoms with Crippen molar-refractivity contribution < 1.29 is 0 Å². The summed E-state index contributed by atoms with van der Waals surface area (Å²) in [5, 5.41) is 3.26. The number of hydrogen-bond acceptors (Lipinski definition) is 3. The van der Waals surface area contributed by atoms with Crippen molar-refractivity contribution in [1.82, 2.24) is 4.98 Å². The topological polar surface area (TPSA) is 24.9 Å². The average Bonchev–Trinajstić information content (AvgIpc) is 2.18.